The van der Waals surface area contributed by atoms with Crippen molar-refractivity contribution in [1.29, 1.82) is 0 Å². The van der Waals surface area contributed by atoms with E-state index >= 15 is 0 Å². The van der Waals surface area contributed by atoms with Crippen molar-refractivity contribution in [1.82, 2.24) is 20.1 Å². The summed E-state index contributed by atoms with van der Waals surface area (Å²) in [5.74, 6) is -0.992. The summed E-state index contributed by atoms with van der Waals surface area (Å²) in [4.78, 5) is 27.9. The molecule has 7 heteroatoms. The number of nitrogens with zero attached hydrogens (tertiary/aromatic N) is 3. The van der Waals surface area contributed by atoms with E-state index in [9.17, 15) is 9.59 Å². The lowest BCUT2D eigenvalue weighted by Crippen LogP contribution is -2.42. The van der Waals surface area contributed by atoms with Crippen LogP contribution < -0.4 is 0 Å². The molecule has 1 aromatic heterocycles. The van der Waals surface area contributed by atoms with Crippen LogP contribution in [0.5, 0.6) is 0 Å². The highest BCUT2D eigenvalue weighted by Gasteiger charge is 2.25. The smallest absolute Gasteiger partial charge is 0.323 e. The van der Waals surface area contributed by atoms with E-state index < -0.39 is 11.9 Å². The maximum Gasteiger partial charge on any atom is 0.323 e. The Morgan fingerprint density at radius 1 is 1.53 bits per heavy atom. The van der Waals surface area contributed by atoms with Crippen LogP contribution in [0.25, 0.3) is 0 Å². The number of H-pyrrole nitrogens is 1. The molecule has 94 valence electrons. The van der Waals surface area contributed by atoms with Gasteiger partial charge < -0.3 is 10.0 Å². The average molecular weight is 240 g/mol. The largest absolute Gasteiger partial charge is 0.480 e. The minimum absolute atomic E-state index is 0.00375. The standard InChI is InChI=1S/C10H16N4O3/c1-4-6(2)14(5-8(15)16)10(17)9-11-7(3)12-13-9/h6H,4-5H2,1-3H3,(H,15,16)(H,11,12,13). The quantitative estimate of drug-likeness (QED) is 0.777. The molecule has 0 saturated carbocycles. The summed E-state index contributed by atoms with van der Waals surface area (Å²) in [5.41, 5.74) is 0. The first-order valence-corrected chi connectivity index (χ1v) is 5.37. The van der Waals surface area contributed by atoms with Crippen molar-refractivity contribution < 1.29 is 14.7 Å². The highest BCUT2D eigenvalue weighted by Crippen LogP contribution is 2.07. The monoisotopic (exact) mass is 240 g/mol. The Hall–Kier alpha value is -1.92. The van der Waals surface area contributed by atoms with Crippen LogP contribution in [0.3, 0.4) is 0 Å². The van der Waals surface area contributed by atoms with E-state index in [0.29, 0.717) is 12.2 Å². The van der Waals surface area contributed by atoms with Gasteiger partial charge >= 0.3 is 5.97 Å². The molecule has 0 saturated heterocycles. The Morgan fingerprint density at radius 2 is 2.18 bits per heavy atom. The third kappa shape index (κ3) is 3.27. The molecule has 1 rings (SSSR count). The van der Waals surface area contributed by atoms with Crippen LogP contribution in [-0.4, -0.2) is 49.7 Å². The Kier molecular flexibility index (Phi) is 4.19. The molecule has 0 aliphatic heterocycles. The number of carbonyl (C=O) groups is 2. The van der Waals surface area contributed by atoms with Gasteiger partial charge in [-0.25, -0.2) is 4.98 Å². The van der Waals surface area contributed by atoms with Crippen molar-refractivity contribution >= 4 is 11.9 Å². The van der Waals surface area contributed by atoms with Crippen LogP contribution in [0.2, 0.25) is 0 Å². The van der Waals surface area contributed by atoms with Crippen molar-refractivity contribution in [3.05, 3.63) is 11.6 Å². The van der Waals surface area contributed by atoms with Gasteiger partial charge in [-0.1, -0.05) is 6.92 Å². The van der Waals surface area contributed by atoms with E-state index in [1.54, 1.807) is 13.8 Å². The Labute approximate surface area is 98.8 Å². The number of amides is 1. The predicted molar refractivity (Wildman–Crippen MR) is 59.5 cm³/mol. The minimum atomic E-state index is -1.05. The summed E-state index contributed by atoms with van der Waals surface area (Å²) in [6.45, 7) is 5.01. The zero-order valence-corrected chi connectivity index (χ0v) is 10.1. The second-order valence-electron chi connectivity index (χ2n) is 3.83. The van der Waals surface area contributed by atoms with Crippen LogP contribution in [0.1, 0.15) is 36.7 Å². The number of aromatic amines is 1. The van der Waals surface area contributed by atoms with Gasteiger partial charge in [0, 0.05) is 6.04 Å². The molecular formula is C10H16N4O3. The third-order valence-electron chi connectivity index (χ3n) is 2.48. The fraction of sp³-hybridized carbons (Fsp3) is 0.600. The first kappa shape index (κ1) is 13.1. The van der Waals surface area contributed by atoms with Gasteiger partial charge in [-0.05, 0) is 20.3 Å². The molecule has 1 atom stereocenters. The van der Waals surface area contributed by atoms with Crippen molar-refractivity contribution in [2.24, 2.45) is 0 Å². The summed E-state index contributed by atoms with van der Waals surface area (Å²) in [6, 6.07) is -0.169. The van der Waals surface area contributed by atoms with Crippen molar-refractivity contribution in [3.8, 4) is 0 Å². The lowest BCUT2D eigenvalue weighted by Gasteiger charge is -2.25. The van der Waals surface area contributed by atoms with E-state index in [0.717, 1.165) is 0 Å². The van der Waals surface area contributed by atoms with E-state index in [4.69, 9.17) is 5.11 Å². The second kappa shape index (κ2) is 5.42. The topological polar surface area (TPSA) is 99.2 Å². The number of carboxylic acids is 1. The van der Waals surface area contributed by atoms with Crippen LogP contribution >= 0.6 is 0 Å². The SMILES string of the molecule is CCC(C)N(CC(=O)O)C(=O)c1n[nH]c(C)n1. The minimum Gasteiger partial charge on any atom is -0.480 e. The fourth-order valence-electron chi connectivity index (χ4n) is 1.36. The second-order valence-corrected chi connectivity index (χ2v) is 3.83. The first-order chi connectivity index (χ1) is 7.95. The number of nitrogens with one attached hydrogen (secondary N) is 1. The number of rotatable bonds is 5. The lowest BCUT2D eigenvalue weighted by molar-refractivity contribution is -0.138. The van der Waals surface area contributed by atoms with Gasteiger partial charge in [-0.2, -0.15) is 0 Å². The lowest BCUT2D eigenvalue weighted by atomic mass is 10.2. The van der Waals surface area contributed by atoms with Gasteiger partial charge in [0.1, 0.15) is 12.4 Å². The number of carbonyl (C=O) groups excluding carboxylic acids is 1. The molecule has 1 amide bonds. The van der Waals surface area contributed by atoms with E-state index in [-0.39, 0.29) is 18.4 Å². The molecule has 0 bridgehead atoms. The molecule has 1 heterocycles. The highest BCUT2D eigenvalue weighted by molar-refractivity contribution is 5.92. The molecule has 0 aliphatic carbocycles. The zero-order chi connectivity index (χ0) is 13.0. The average Bonchev–Trinajstić information content (AvgIpc) is 2.70. The fourth-order valence-corrected chi connectivity index (χ4v) is 1.36. The summed E-state index contributed by atoms with van der Waals surface area (Å²) in [5, 5.41) is 15.1. The number of aliphatic carboxylic acids is 1. The number of aryl methyl sites for hydroxylation is 1. The van der Waals surface area contributed by atoms with Crippen molar-refractivity contribution in [2.45, 2.75) is 33.2 Å². The Morgan fingerprint density at radius 3 is 2.59 bits per heavy atom. The Bertz CT molecular complexity index is 415. The maximum atomic E-state index is 12.0. The van der Waals surface area contributed by atoms with Crippen molar-refractivity contribution in [2.75, 3.05) is 6.54 Å². The van der Waals surface area contributed by atoms with E-state index in [1.807, 2.05) is 6.92 Å². The third-order valence-corrected chi connectivity index (χ3v) is 2.48. The summed E-state index contributed by atoms with van der Waals surface area (Å²) >= 11 is 0. The highest BCUT2D eigenvalue weighted by atomic mass is 16.4. The molecule has 0 aromatic carbocycles. The van der Waals surface area contributed by atoms with Gasteiger partial charge in [0.2, 0.25) is 5.82 Å². The van der Waals surface area contributed by atoms with Crippen LogP contribution in [-0.2, 0) is 4.79 Å². The van der Waals surface area contributed by atoms with Crippen LogP contribution in [0.15, 0.2) is 0 Å². The molecular weight excluding hydrogens is 224 g/mol. The summed E-state index contributed by atoms with van der Waals surface area (Å²) in [7, 11) is 0. The normalized spacial score (nSPS) is 12.2. The Balaban J connectivity index is 2.89. The summed E-state index contributed by atoms with van der Waals surface area (Å²) < 4.78 is 0. The van der Waals surface area contributed by atoms with Gasteiger partial charge in [0.15, 0.2) is 0 Å². The molecule has 17 heavy (non-hydrogen) atoms. The molecule has 1 aromatic rings. The van der Waals surface area contributed by atoms with E-state index in [2.05, 4.69) is 15.2 Å². The zero-order valence-electron chi connectivity index (χ0n) is 10.1. The van der Waals surface area contributed by atoms with Gasteiger partial charge in [0.05, 0.1) is 0 Å². The van der Waals surface area contributed by atoms with Crippen LogP contribution in [0.4, 0.5) is 0 Å². The number of hydrogen-bond donors (Lipinski definition) is 2. The van der Waals surface area contributed by atoms with E-state index in [1.165, 1.54) is 4.90 Å². The van der Waals surface area contributed by atoms with Gasteiger partial charge in [-0.15, -0.1) is 5.10 Å². The molecule has 1 unspecified atom stereocenters. The van der Waals surface area contributed by atoms with Gasteiger partial charge in [-0.3, -0.25) is 14.7 Å². The number of aromatic nitrogens is 3. The first-order valence-electron chi connectivity index (χ1n) is 5.37. The van der Waals surface area contributed by atoms with Crippen molar-refractivity contribution in [3.63, 3.8) is 0 Å². The summed E-state index contributed by atoms with van der Waals surface area (Å²) in [6.07, 6.45) is 0.669. The molecule has 0 spiro atoms. The molecule has 0 radical (unpaired) electrons. The molecule has 7 nitrogen and oxygen atoms in total. The molecule has 0 fully saturated rings. The van der Waals surface area contributed by atoms with Crippen LogP contribution in [0, 0.1) is 6.92 Å². The van der Waals surface area contributed by atoms with Gasteiger partial charge in [0.25, 0.3) is 5.91 Å². The molecule has 0 aliphatic rings. The predicted octanol–water partition coefficient (Wildman–Crippen LogP) is 0.438. The maximum absolute atomic E-state index is 12.0. The number of hydrogen-bond acceptors (Lipinski definition) is 4. The molecule has 2 N–H and O–H groups in total. The number of carboxylic acid groups (broad SMARTS) is 1.